The molecule has 0 bridgehead atoms. The van der Waals surface area contributed by atoms with E-state index in [2.05, 4.69) is 40.7 Å². The molecule has 0 aromatic carbocycles. The molecule has 10 fully saturated rings. The molecule has 31 heteroatoms. The van der Waals surface area contributed by atoms with Crippen LogP contribution < -0.4 is 0 Å². The summed E-state index contributed by atoms with van der Waals surface area (Å²) in [6, 6.07) is 0. The fourth-order valence-corrected chi connectivity index (χ4v) is 18.7. The summed E-state index contributed by atoms with van der Waals surface area (Å²) >= 11 is 0. The molecule has 37 atom stereocenters. The third-order valence-electron chi connectivity index (χ3n) is 25.0. The van der Waals surface area contributed by atoms with Crippen molar-refractivity contribution in [2.24, 2.45) is 50.2 Å². The Bertz CT molecular complexity index is 2670. The van der Waals surface area contributed by atoms with E-state index in [1.807, 2.05) is 13.8 Å². The Morgan fingerprint density at radius 2 is 1.06 bits per heavy atom. The van der Waals surface area contributed by atoms with Gasteiger partial charge in [0, 0.05) is 5.92 Å². The molecule has 11 rings (SSSR count). The van der Waals surface area contributed by atoms with Crippen LogP contribution in [0.1, 0.15) is 113 Å². The molecule has 5 aliphatic carbocycles. The number of allylic oxidation sites excluding steroid dienone is 1. The lowest BCUT2D eigenvalue weighted by Crippen LogP contribution is -2.67. The van der Waals surface area contributed by atoms with Crippen LogP contribution in [0, 0.1) is 50.2 Å². The standard InChI is InChI=1S/C64H104O31/c1-24-35(68)49(93-53-44(77)40(73)30(23-86-53)90-54-46(79)42(75)38(71)28(20-66)89-54)48(81)56(87-24)94-50-36(69)26(67)21-84-57(50)92-33-12-13-61(6)31(60(33,4)5)11-14-63(8)32(61)10-9-25-34-51(82)59(2,3)15-17-64(34,18-16-62(25,63)7)58(83)95-55-47(80)43(76)39(72)29(91-55)22-85-52-45(78)41(74)37(70)27(19-65)88-52/h9,24,26-57,65-82H,10-23H2,1-8H3/t24-,26-,27+,28+,29+,30+,31-,32+,33-,34+,35-,36-,37+,38+,39+,40-,41-,42-,43-,44+,45+,46+,47+,48+,49+,50+,51-,52+,53-,54-,55-,56-,57-,61-,62+,63+,64-/m0/s1. The summed E-state index contributed by atoms with van der Waals surface area (Å²) in [6.45, 7) is 13.6. The molecule has 4 saturated carbocycles. The van der Waals surface area contributed by atoms with E-state index in [0.29, 0.717) is 38.5 Å². The van der Waals surface area contributed by atoms with Gasteiger partial charge in [0.15, 0.2) is 31.5 Å². The van der Waals surface area contributed by atoms with Crippen LogP contribution >= 0.6 is 0 Å². The van der Waals surface area contributed by atoms with Crippen LogP contribution in [0.3, 0.4) is 0 Å². The SMILES string of the molecule is C[C@@H]1O[C@@H](O[C@H]2[C@H](O[C@H]3CC[C@]4(C)[C@H]5CC=C6[C@@H]7[C@H](O)C(C)(C)CC[C@]7(C(=O)O[C@@H]7O[C@H](CO[C@@H]8O[C@H](CO)[C@@H](O)[C@H](O)[C@H]8O)[C@@H](O)[C@H](O)[C@H]7O)CC[C@@]6(C)[C@]5(C)CC[C@H]4C3(C)C)OC[C@H](O)[C@@H]2O)[C@H](O)[C@H](O[C@@H]2OC[C@@H](O[C@@H]3O[C@H](CO)[C@@H](O)[C@H](O)[C@H]3O)[C@H](O)[C@H]2O)[C@H]1O. The van der Waals surface area contributed by atoms with E-state index in [9.17, 15) is 91.9 Å². The second kappa shape index (κ2) is 27.7. The number of rotatable bonds is 15. The molecule has 0 amide bonds. The van der Waals surface area contributed by atoms with E-state index < -0.39 is 244 Å². The summed E-state index contributed by atoms with van der Waals surface area (Å²) in [5, 5.41) is 196. The molecule has 18 N–H and O–H groups in total. The fourth-order valence-electron chi connectivity index (χ4n) is 18.7. The lowest BCUT2D eigenvalue weighted by Gasteiger charge is -2.71. The van der Waals surface area contributed by atoms with Gasteiger partial charge in [-0.15, -0.1) is 0 Å². The molecule has 6 saturated heterocycles. The van der Waals surface area contributed by atoms with E-state index in [0.717, 1.165) is 18.4 Å². The molecule has 0 aromatic rings. The Hall–Kier alpha value is -1.95. The van der Waals surface area contributed by atoms with Crippen LogP contribution in [0.25, 0.3) is 0 Å². The summed E-state index contributed by atoms with van der Waals surface area (Å²) in [6.07, 6.45) is -40.6. The van der Waals surface area contributed by atoms with Crippen molar-refractivity contribution >= 4 is 5.97 Å². The topological polar surface area (TPSA) is 492 Å². The average molecular weight is 1370 g/mol. The molecule has 6 aliphatic heterocycles. The van der Waals surface area contributed by atoms with Gasteiger partial charge in [-0.1, -0.05) is 60.1 Å². The predicted molar refractivity (Wildman–Crippen MR) is 316 cm³/mol. The molecular formula is C64H104O31. The molecule has 0 aromatic heterocycles. The highest BCUT2D eigenvalue weighted by Gasteiger charge is 2.72. The van der Waals surface area contributed by atoms with Crippen molar-refractivity contribution in [3.05, 3.63) is 11.6 Å². The number of esters is 1. The molecule has 0 spiro atoms. The maximum absolute atomic E-state index is 15.2. The minimum absolute atomic E-state index is 0.0390. The van der Waals surface area contributed by atoms with E-state index >= 15 is 4.79 Å². The molecule has 546 valence electrons. The molecule has 95 heavy (non-hydrogen) atoms. The van der Waals surface area contributed by atoms with Gasteiger partial charge in [0.2, 0.25) is 6.29 Å². The third kappa shape index (κ3) is 12.6. The zero-order valence-electron chi connectivity index (χ0n) is 54.9. The molecule has 11 aliphatic rings. The van der Waals surface area contributed by atoms with Gasteiger partial charge in [0.1, 0.15) is 128 Å². The number of carbonyl (C=O) groups is 1. The first-order valence-corrected chi connectivity index (χ1v) is 33.6. The van der Waals surface area contributed by atoms with Crippen molar-refractivity contribution < 1.29 is 154 Å². The summed E-state index contributed by atoms with van der Waals surface area (Å²) < 4.78 is 71.1. The maximum atomic E-state index is 15.2. The third-order valence-corrected chi connectivity index (χ3v) is 25.0. The normalized spacial score (nSPS) is 54.6. The van der Waals surface area contributed by atoms with Crippen molar-refractivity contribution in [1.82, 2.24) is 0 Å². The van der Waals surface area contributed by atoms with Crippen LogP contribution in [-0.4, -0.2) is 315 Å². The van der Waals surface area contributed by atoms with E-state index in [1.165, 1.54) is 6.92 Å². The second-order valence-electron chi connectivity index (χ2n) is 31.0. The van der Waals surface area contributed by atoms with Crippen molar-refractivity contribution in [1.29, 1.82) is 0 Å². The second-order valence-corrected chi connectivity index (χ2v) is 31.0. The number of hydrogen-bond acceptors (Lipinski definition) is 31. The van der Waals surface area contributed by atoms with Crippen LogP contribution in [0.5, 0.6) is 0 Å². The number of carbonyl (C=O) groups excluding carboxylic acids is 1. The molecule has 6 heterocycles. The largest absolute Gasteiger partial charge is 0.432 e. The number of aliphatic hydroxyl groups is 18. The van der Waals surface area contributed by atoms with E-state index in [4.69, 9.17) is 56.8 Å². The highest BCUT2D eigenvalue weighted by Crippen LogP contribution is 2.76. The van der Waals surface area contributed by atoms with Gasteiger partial charge in [0.05, 0.1) is 56.8 Å². The summed E-state index contributed by atoms with van der Waals surface area (Å²) in [4.78, 5) is 15.2. The van der Waals surface area contributed by atoms with Crippen LogP contribution in [0.15, 0.2) is 11.6 Å². The van der Waals surface area contributed by atoms with Crippen LogP contribution in [0.2, 0.25) is 0 Å². The smallest absolute Gasteiger partial charge is 0.315 e. The highest BCUT2D eigenvalue weighted by molar-refractivity contribution is 5.79. The predicted octanol–water partition coefficient (Wildman–Crippen LogP) is -5.11. The van der Waals surface area contributed by atoms with Gasteiger partial charge >= 0.3 is 5.97 Å². The van der Waals surface area contributed by atoms with E-state index in [1.54, 1.807) is 0 Å². The molecule has 0 unspecified atom stereocenters. The van der Waals surface area contributed by atoms with Gasteiger partial charge in [-0.25, -0.2) is 0 Å². The first kappa shape index (κ1) is 74.2. The number of hydrogen-bond donors (Lipinski definition) is 18. The van der Waals surface area contributed by atoms with Crippen LogP contribution in [0.4, 0.5) is 0 Å². The first-order chi connectivity index (χ1) is 44.5. The van der Waals surface area contributed by atoms with Gasteiger partial charge in [-0.2, -0.15) is 0 Å². The minimum atomic E-state index is -1.93. The zero-order valence-corrected chi connectivity index (χ0v) is 54.9. The maximum Gasteiger partial charge on any atom is 0.315 e. The van der Waals surface area contributed by atoms with Crippen molar-refractivity contribution in [2.45, 2.75) is 297 Å². The lowest BCUT2D eigenvalue weighted by atomic mass is 9.33. The number of aliphatic hydroxyl groups excluding tert-OH is 18. The van der Waals surface area contributed by atoms with Crippen molar-refractivity contribution in [3.8, 4) is 0 Å². The number of fused-ring (bicyclic) bond motifs is 7. The Labute approximate surface area is 550 Å². The first-order valence-electron chi connectivity index (χ1n) is 33.6. The Balaban J connectivity index is 0.764. The molecular weight excluding hydrogens is 1260 g/mol. The van der Waals surface area contributed by atoms with E-state index in [-0.39, 0.29) is 35.7 Å². The Kier molecular flexibility index (Phi) is 21.6. The van der Waals surface area contributed by atoms with Crippen LogP contribution in [-0.2, 0) is 61.6 Å². The van der Waals surface area contributed by atoms with Gasteiger partial charge < -0.3 is 149 Å². The summed E-state index contributed by atoms with van der Waals surface area (Å²) in [5.41, 5.74) is -2.83. The average Bonchev–Trinajstić information content (AvgIpc) is 0.673. The monoisotopic (exact) mass is 1370 g/mol. The molecule has 0 radical (unpaired) electrons. The van der Waals surface area contributed by atoms with Gasteiger partial charge in [0.25, 0.3) is 0 Å². The summed E-state index contributed by atoms with van der Waals surface area (Å²) in [7, 11) is 0. The highest BCUT2D eigenvalue weighted by atomic mass is 16.8. The van der Waals surface area contributed by atoms with Crippen molar-refractivity contribution in [2.75, 3.05) is 33.0 Å². The Morgan fingerprint density at radius 1 is 0.505 bits per heavy atom. The van der Waals surface area contributed by atoms with Crippen molar-refractivity contribution in [3.63, 3.8) is 0 Å². The fraction of sp³-hybridized carbons (Fsp3) is 0.953. The quantitative estimate of drug-likeness (QED) is 0.0414. The minimum Gasteiger partial charge on any atom is -0.432 e. The number of ether oxygens (including phenoxy) is 12. The van der Waals surface area contributed by atoms with Gasteiger partial charge in [-0.3, -0.25) is 4.79 Å². The lowest BCUT2D eigenvalue weighted by molar-refractivity contribution is -0.382. The zero-order chi connectivity index (χ0) is 69.3. The molecule has 31 nitrogen and oxygen atoms in total. The summed E-state index contributed by atoms with van der Waals surface area (Å²) in [5.74, 6) is -1.38. The van der Waals surface area contributed by atoms with Gasteiger partial charge in [-0.05, 0) is 104 Å². The Morgan fingerprint density at radius 3 is 1.72 bits per heavy atom.